The van der Waals surface area contributed by atoms with Crippen molar-refractivity contribution in [3.8, 4) is 0 Å². The van der Waals surface area contributed by atoms with Gasteiger partial charge in [-0.2, -0.15) is 0 Å². The Morgan fingerprint density at radius 1 is 1.50 bits per heavy atom. The second kappa shape index (κ2) is 6.73. The average Bonchev–Trinajstić information content (AvgIpc) is 2.32. The molecule has 1 amide bonds. The fourth-order valence-corrected chi connectivity index (χ4v) is 2.62. The summed E-state index contributed by atoms with van der Waals surface area (Å²) in [6.07, 6.45) is 2.03. The molecule has 0 spiro atoms. The van der Waals surface area contributed by atoms with Crippen LogP contribution in [0.3, 0.4) is 0 Å². The summed E-state index contributed by atoms with van der Waals surface area (Å²) < 4.78 is 1.13. The number of benzene rings is 1. The van der Waals surface area contributed by atoms with Gasteiger partial charge in [-0.05, 0) is 60.1 Å². The quantitative estimate of drug-likeness (QED) is 0.761. The Morgan fingerprint density at radius 2 is 2.22 bits per heavy atom. The van der Waals surface area contributed by atoms with Crippen molar-refractivity contribution in [2.45, 2.75) is 25.8 Å². The van der Waals surface area contributed by atoms with Gasteiger partial charge in [0, 0.05) is 28.3 Å². The molecule has 1 aliphatic heterocycles. The largest absolute Gasteiger partial charge is 0.337 e. The molecule has 1 aromatic carbocycles. The zero-order chi connectivity index (χ0) is 12.4. The second-order valence-corrected chi connectivity index (χ2v) is 5.78. The van der Waals surface area contributed by atoms with Crippen molar-refractivity contribution in [3.63, 3.8) is 0 Å². The highest BCUT2D eigenvalue weighted by Gasteiger charge is 2.22. The summed E-state index contributed by atoms with van der Waals surface area (Å²) in [5.41, 5.74) is 7.88. The lowest BCUT2D eigenvalue weighted by Gasteiger charge is -2.30. The molecule has 1 aromatic rings. The Bertz CT molecular complexity index is 439. The molecule has 2 rings (SSSR count). The van der Waals surface area contributed by atoms with Gasteiger partial charge in [-0.3, -0.25) is 4.79 Å². The number of nitrogens with zero attached hydrogens (tertiary/aromatic N) is 1. The number of nitrogens with two attached hydrogens (primary N) is 1. The van der Waals surface area contributed by atoms with E-state index in [1.54, 1.807) is 0 Å². The number of likely N-dealkylation sites (tertiary alicyclic amines) is 1. The van der Waals surface area contributed by atoms with Gasteiger partial charge in [0.2, 0.25) is 0 Å². The zero-order valence-electron chi connectivity index (χ0n) is 10.4. The minimum Gasteiger partial charge on any atom is -0.337 e. The molecule has 5 heteroatoms. The number of piperidine rings is 1. The molecule has 1 fully saturated rings. The van der Waals surface area contributed by atoms with Gasteiger partial charge in [-0.25, -0.2) is 0 Å². The molecule has 100 valence electrons. The number of amides is 1. The third kappa shape index (κ3) is 3.59. The van der Waals surface area contributed by atoms with Crippen LogP contribution in [0.25, 0.3) is 0 Å². The van der Waals surface area contributed by atoms with Crippen molar-refractivity contribution in [2.75, 3.05) is 13.1 Å². The number of rotatable bonds is 1. The normalized spacial score (nSPS) is 19.3. The van der Waals surface area contributed by atoms with Gasteiger partial charge in [-0.15, -0.1) is 12.4 Å². The number of hydrogen-bond acceptors (Lipinski definition) is 2. The maximum absolute atomic E-state index is 12.3. The van der Waals surface area contributed by atoms with Crippen LogP contribution in [-0.4, -0.2) is 29.9 Å². The van der Waals surface area contributed by atoms with E-state index in [0.717, 1.165) is 28.5 Å². The van der Waals surface area contributed by atoms with Crippen LogP contribution in [0.2, 0.25) is 0 Å². The van der Waals surface area contributed by atoms with Crippen LogP contribution in [0.15, 0.2) is 18.2 Å². The maximum Gasteiger partial charge on any atom is 0.253 e. The van der Waals surface area contributed by atoms with Crippen LogP contribution in [-0.2, 0) is 0 Å². The number of halogens is 2. The lowest BCUT2D eigenvalue weighted by molar-refractivity contribution is 0.0708. The number of aryl methyl sites for hydroxylation is 1. The summed E-state index contributed by atoms with van der Waals surface area (Å²) in [7, 11) is 0. The molecule has 1 saturated heterocycles. The van der Waals surface area contributed by atoms with E-state index in [9.17, 15) is 4.79 Å². The molecule has 18 heavy (non-hydrogen) atoms. The van der Waals surface area contributed by atoms with Crippen LogP contribution < -0.4 is 5.73 Å². The summed E-state index contributed by atoms with van der Waals surface area (Å²) in [4.78, 5) is 14.1. The lowest BCUT2D eigenvalue weighted by Crippen LogP contribution is -2.45. The predicted molar refractivity (Wildman–Crippen MR) is 84.3 cm³/mol. The fraction of sp³-hybridized carbons (Fsp3) is 0.462. The lowest BCUT2D eigenvalue weighted by atomic mass is 10.0. The summed E-state index contributed by atoms with van der Waals surface area (Å²) in [5, 5.41) is 0. The molecule has 1 aliphatic rings. The Balaban J connectivity index is 0.00000162. The summed E-state index contributed by atoms with van der Waals surface area (Å²) in [5.74, 6) is 0.109. The molecule has 2 N–H and O–H groups in total. The van der Waals surface area contributed by atoms with Gasteiger partial charge in [0.25, 0.3) is 5.91 Å². The fourth-order valence-electron chi connectivity index (χ4n) is 2.10. The van der Waals surface area contributed by atoms with Crippen LogP contribution in [0, 0.1) is 10.5 Å². The number of hydrogen-bond donors (Lipinski definition) is 1. The Morgan fingerprint density at radius 3 is 2.83 bits per heavy atom. The SMILES string of the molecule is Cc1ccc(C(=O)N2CCCC(N)C2)cc1I.Cl. The van der Waals surface area contributed by atoms with Crippen molar-refractivity contribution in [2.24, 2.45) is 5.73 Å². The first-order valence-electron chi connectivity index (χ1n) is 5.89. The first-order chi connectivity index (χ1) is 8.08. The van der Waals surface area contributed by atoms with Crippen LogP contribution in [0.5, 0.6) is 0 Å². The second-order valence-electron chi connectivity index (χ2n) is 4.62. The van der Waals surface area contributed by atoms with Gasteiger partial charge >= 0.3 is 0 Å². The summed E-state index contributed by atoms with van der Waals surface area (Å²) >= 11 is 2.26. The molecule has 1 heterocycles. The molecule has 1 unspecified atom stereocenters. The van der Waals surface area contributed by atoms with Crippen molar-refractivity contribution in [1.29, 1.82) is 0 Å². The molecule has 0 bridgehead atoms. The third-order valence-corrected chi connectivity index (χ3v) is 4.33. The Labute approximate surface area is 128 Å². The van der Waals surface area contributed by atoms with Crippen molar-refractivity contribution < 1.29 is 4.79 Å². The van der Waals surface area contributed by atoms with E-state index in [-0.39, 0.29) is 24.4 Å². The van der Waals surface area contributed by atoms with Gasteiger partial charge < -0.3 is 10.6 Å². The average molecular weight is 381 g/mol. The highest BCUT2D eigenvalue weighted by molar-refractivity contribution is 14.1. The molecule has 3 nitrogen and oxygen atoms in total. The Hall–Kier alpha value is -0.330. The molecule has 0 saturated carbocycles. The molecule has 1 atom stereocenters. The van der Waals surface area contributed by atoms with Crippen molar-refractivity contribution >= 4 is 40.9 Å². The molecular weight excluding hydrogens is 363 g/mol. The molecule has 0 radical (unpaired) electrons. The van der Waals surface area contributed by atoms with E-state index in [2.05, 4.69) is 22.6 Å². The van der Waals surface area contributed by atoms with Crippen molar-refractivity contribution in [1.82, 2.24) is 4.90 Å². The number of carbonyl (C=O) groups is 1. The standard InChI is InChI=1S/C13H17IN2O.ClH/c1-9-4-5-10(7-12(9)14)13(17)16-6-2-3-11(15)8-16;/h4-5,7,11H,2-3,6,8,15H2,1H3;1H. The van der Waals surface area contributed by atoms with Crippen LogP contribution >= 0.6 is 35.0 Å². The maximum atomic E-state index is 12.3. The first kappa shape index (κ1) is 15.7. The van der Waals surface area contributed by atoms with Gasteiger partial charge in [0.1, 0.15) is 0 Å². The van der Waals surface area contributed by atoms with E-state index in [1.807, 2.05) is 30.0 Å². The number of carbonyl (C=O) groups excluding carboxylic acids is 1. The smallest absolute Gasteiger partial charge is 0.253 e. The first-order valence-corrected chi connectivity index (χ1v) is 6.97. The van der Waals surface area contributed by atoms with Crippen molar-refractivity contribution in [3.05, 3.63) is 32.9 Å². The van der Waals surface area contributed by atoms with E-state index < -0.39 is 0 Å². The highest BCUT2D eigenvalue weighted by Crippen LogP contribution is 2.17. The highest BCUT2D eigenvalue weighted by atomic mass is 127. The van der Waals surface area contributed by atoms with Gasteiger partial charge in [-0.1, -0.05) is 6.07 Å². The molecule has 0 aromatic heterocycles. The Kier molecular flexibility index (Phi) is 5.88. The van der Waals surface area contributed by atoms with E-state index in [4.69, 9.17) is 5.73 Å². The minimum atomic E-state index is 0. The van der Waals surface area contributed by atoms with Gasteiger partial charge in [0.15, 0.2) is 0 Å². The summed E-state index contributed by atoms with van der Waals surface area (Å²) in [6, 6.07) is 5.99. The third-order valence-electron chi connectivity index (χ3n) is 3.16. The predicted octanol–water partition coefficient (Wildman–Crippen LogP) is 2.58. The summed E-state index contributed by atoms with van der Waals surface area (Å²) in [6.45, 7) is 3.56. The van der Waals surface area contributed by atoms with E-state index >= 15 is 0 Å². The van der Waals surface area contributed by atoms with Gasteiger partial charge in [0.05, 0.1) is 0 Å². The van der Waals surface area contributed by atoms with E-state index in [1.165, 1.54) is 5.56 Å². The molecular formula is C13H18ClIN2O. The molecule has 0 aliphatic carbocycles. The van der Waals surface area contributed by atoms with Crippen LogP contribution in [0.4, 0.5) is 0 Å². The minimum absolute atomic E-state index is 0. The zero-order valence-corrected chi connectivity index (χ0v) is 13.3. The van der Waals surface area contributed by atoms with Crippen LogP contribution in [0.1, 0.15) is 28.8 Å². The topological polar surface area (TPSA) is 46.3 Å². The van der Waals surface area contributed by atoms with E-state index in [0.29, 0.717) is 6.54 Å². The monoisotopic (exact) mass is 380 g/mol.